The lowest BCUT2D eigenvalue weighted by Crippen LogP contribution is -2.25. The number of amides is 1. The summed E-state index contributed by atoms with van der Waals surface area (Å²) in [5.41, 5.74) is 3.55. The van der Waals surface area contributed by atoms with Crippen molar-refractivity contribution >= 4 is 35.0 Å². The summed E-state index contributed by atoms with van der Waals surface area (Å²) in [6, 6.07) is 5.07. The topological polar surface area (TPSA) is 70.6 Å². The molecular weight excluding hydrogens is 363 g/mol. The number of carbonyl (C=O) groups is 1. The number of hydrogen-bond donors (Lipinski definition) is 1. The van der Waals surface area contributed by atoms with Gasteiger partial charge in [-0.1, -0.05) is 29.3 Å². The number of rotatable bonds is 2. The molecule has 1 aliphatic carbocycles. The lowest BCUT2D eigenvalue weighted by Gasteiger charge is -2.20. The van der Waals surface area contributed by atoms with Crippen LogP contribution in [0.5, 0.6) is 0 Å². The number of fused-ring (bicyclic) bond motifs is 1. The minimum atomic E-state index is -0.729. The largest absolute Gasteiger partial charge is 0.444 e. The summed E-state index contributed by atoms with van der Waals surface area (Å²) in [7, 11) is 0. The van der Waals surface area contributed by atoms with Crippen LogP contribution in [0.1, 0.15) is 48.5 Å². The Labute approximate surface area is 154 Å². The number of aryl methyl sites for hydroxylation is 1. The van der Waals surface area contributed by atoms with Gasteiger partial charge in [-0.3, -0.25) is 9.89 Å². The number of nitrogens with one attached hydrogen (secondary N) is 1. The first kappa shape index (κ1) is 16.4. The highest BCUT2D eigenvalue weighted by atomic mass is 35.5. The Morgan fingerprint density at radius 1 is 1.32 bits per heavy atom. The molecule has 8 heteroatoms. The summed E-state index contributed by atoms with van der Waals surface area (Å²) >= 11 is 12.3. The van der Waals surface area contributed by atoms with Crippen molar-refractivity contribution in [1.29, 1.82) is 0 Å². The Hall–Kier alpha value is -2.05. The summed E-state index contributed by atoms with van der Waals surface area (Å²) in [6.07, 6.45) is 3.42. The summed E-state index contributed by atoms with van der Waals surface area (Å²) in [6.45, 7) is 1.44. The zero-order chi connectivity index (χ0) is 17.6. The molecular formula is C17H16Cl2N4O2. The Morgan fingerprint density at radius 2 is 2.12 bits per heavy atom. The summed E-state index contributed by atoms with van der Waals surface area (Å²) < 4.78 is 6.00. The lowest BCUT2D eigenvalue weighted by molar-refractivity contribution is -0.135. The average Bonchev–Trinajstić information content (AvgIpc) is 3.18. The van der Waals surface area contributed by atoms with Gasteiger partial charge in [0.1, 0.15) is 0 Å². The molecule has 1 N–H and O–H groups in total. The monoisotopic (exact) mass is 378 g/mol. The smallest absolute Gasteiger partial charge is 0.262 e. The van der Waals surface area contributed by atoms with E-state index in [-0.39, 0.29) is 5.91 Å². The Morgan fingerprint density at radius 3 is 2.88 bits per heavy atom. The van der Waals surface area contributed by atoms with E-state index in [0.717, 1.165) is 36.9 Å². The lowest BCUT2D eigenvalue weighted by atomic mass is 9.96. The molecule has 1 aromatic carbocycles. The van der Waals surface area contributed by atoms with Crippen LogP contribution in [-0.4, -0.2) is 27.0 Å². The van der Waals surface area contributed by atoms with Crippen LogP contribution < -0.4 is 0 Å². The van der Waals surface area contributed by atoms with Gasteiger partial charge in [-0.15, -0.1) is 5.10 Å². The quantitative estimate of drug-likeness (QED) is 0.862. The third-order valence-corrected chi connectivity index (χ3v) is 5.02. The first-order valence-corrected chi connectivity index (χ1v) is 8.86. The molecule has 0 fully saturated rings. The van der Waals surface area contributed by atoms with E-state index in [9.17, 15) is 4.79 Å². The fourth-order valence-corrected chi connectivity index (χ4v) is 3.72. The maximum Gasteiger partial charge on any atom is 0.262 e. The standard InChI is InChI=1S/C17H16Cl2N4O2/c1-9(24)23-17(11-7-6-10(18)8-13(11)19)25-16(22-23)15-12-4-2-3-5-14(12)20-21-15/h6-8,17H,2-5H2,1H3,(H,20,21)/t17-/m0/s1. The van der Waals surface area contributed by atoms with E-state index in [1.54, 1.807) is 18.2 Å². The minimum Gasteiger partial charge on any atom is -0.444 e. The van der Waals surface area contributed by atoms with Crippen molar-refractivity contribution in [3.05, 3.63) is 50.8 Å². The summed E-state index contributed by atoms with van der Waals surface area (Å²) in [4.78, 5) is 12.1. The number of halogens is 2. The first-order chi connectivity index (χ1) is 12.0. The molecule has 4 rings (SSSR count). The number of benzene rings is 1. The van der Waals surface area contributed by atoms with Crippen molar-refractivity contribution in [2.75, 3.05) is 0 Å². The number of aromatic amines is 1. The van der Waals surface area contributed by atoms with Crippen molar-refractivity contribution in [3.8, 4) is 0 Å². The molecule has 130 valence electrons. The number of hydrazone groups is 1. The van der Waals surface area contributed by atoms with Crippen molar-refractivity contribution < 1.29 is 9.53 Å². The van der Waals surface area contributed by atoms with Crippen LogP contribution in [0.15, 0.2) is 23.3 Å². The van der Waals surface area contributed by atoms with Crippen LogP contribution in [0.4, 0.5) is 0 Å². The van der Waals surface area contributed by atoms with E-state index in [2.05, 4.69) is 15.3 Å². The molecule has 1 amide bonds. The van der Waals surface area contributed by atoms with Crippen LogP contribution in [0.2, 0.25) is 10.0 Å². The van der Waals surface area contributed by atoms with Crippen molar-refractivity contribution in [3.63, 3.8) is 0 Å². The van der Waals surface area contributed by atoms with Crippen LogP contribution in [0.25, 0.3) is 0 Å². The normalized spacial score (nSPS) is 19.4. The van der Waals surface area contributed by atoms with Gasteiger partial charge in [0.25, 0.3) is 5.90 Å². The number of H-pyrrole nitrogens is 1. The molecule has 0 radical (unpaired) electrons. The number of nitrogens with zero attached hydrogens (tertiary/aromatic N) is 3. The molecule has 1 atom stereocenters. The minimum absolute atomic E-state index is 0.240. The highest BCUT2D eigenvalue weighted by Crippen LogP contribution is 2.36. The maximum atomic E-state index is 12.1. The molecule has 0 spiro atoms. The van der Waals surface area contributed by atoms with Gasteiger partial charge in [0.2, 0.25) is 12.1 Å². The molecule has 2 heterocycles. The van der Waals surface area contributed by atoms with E-state index in [4.69, 9.17) is 27.9 Å². The van der Waals surface area contributed by atoms with Crippen molar-refractivity contribution in [2.24, 2.45) is 5.10 Å². The van der Waals surface area contributed by atoms with E-state index in [1.807, 2.05) is 0 Å². The highest BCUT2D eigenvalue weighted by Gasteiger charge is 2.36. The summed E-state index contributed by atoms with van der Waals surface area (Å²) in [5, 5.41) is 14.0. The van der Waals surface area contributed by atoms with Gasteiger partial charge in [-0.05, 0) is 37.8 Å². The molecule has 1 aromatic heterocycles. The molecule has 0 bridgehead atoms. The highest BCUT2D eigenvalue weighted by molar-refractivity contribution is 6.35. The molecule has 1 aliphatic heterocycles. The summed E-state index contributed by atoms with van der Waals surface area (Å²) in [5.74, 6) is 0.0982. The Bertz CT molecular complexity index is 878. The second kappa shape index (κ2) is 6.35. The van der Waals surface area contributed by atoms with Crippen LogP contribution >= 0.6 is 23.2 Å². The van der Waals surface area contributed by atoms with E-state index in [1.165, 1.54) is 11.9 Å². The van der Waals surface area contributed by atoms with Gasteiger partial charge in [0, 0.05) is 28.8 Å². The number of aromatic nitrogens is 2. The average molecular weight is 379 g/mol. The molecule has 0 saturated carbocycles. The predicted octanol–water partition coefficient (Wildman–Crippen LogP) is 3.83. The van der Waals surface area contributed by atoms with Crippen molar-refractivity contribution in [1.82, 2.24) is 15.2 Å². The van der Waals surface area contributed by atoms with Crippen molar-refractivity contribution in [2.45, 2.75) is 38.8 Å². The first-order valence-electron chi connectivity index (χ1n) is 8.11. The van der Waals surface area contributed by atoms with Gasteiger partial charge >= 0.3 is 0 Å². The van der Waals surface area contributed by atoms with E-state index >= 15 is 0 Å². The second-order valence-electron chi connectivity index (χ2n) is 6.14. The van der Waals surface area contributed by atoms with Gasteiger partial charge in [0.15, 0.2) is 5.69 Å². The second-order valence-corrected chi connectivity index (χ2v) is 6.98. The Balaban J connectivity index is 1.71. The molecule has 2 aromatic rings. The van der Waals surface area contributed by atoms with E-state index in [0.29, 0.717) is 27.2 Å². The molecule has 0 saturated heterocycles. The van der Waals surface area contributed by atoms with Crippen LogP contribution in [-0.2, 0) is 22.4 Å². The van der Waals surface area contributed by atoms with Gasteiger partial charge in [-0.2, -0.15) is 10.1 Å². The molecule has 0 unspecified atom stereocenters. The number of hydrogen-bond acceptors (Lipinski definition) is 4. The van der Waals surface area contributed by atoms with Gasteiger partial charge in [0.05, 0.1) is 5.02 Å². The fraction of sp³-hybridized carbons (Fsp3) is 0.353. The Kier molecular flexibility index (Phi) is 4.17. The third kappa shape index (κ3) is 2.89. The van der Waals surface area contributed by atoms with Gasteiger partial charge in [-0.25, -0.2) is 0 Å². The van der Waals surface area contributed by atoms with E-state index < -0.39 is 6.23 Å². The fourth-order valence-electron chi connectivity index (χ4n) is 3.22. The molecule has 25 heavy (non-hydrogen) atoms. The number of ether oxygens (including phenoxy) is 1. The van der Waals surface area contributed by atoms with Gasteiger partial charge < -0.3 is 4.74 Å². The third-order valence-electron chi connectivity index (χ3n) is 4.45. The molecule has 2 aliphatic rings. The zero-order valence-electron chi connectivity index (χ0n) is 13.6. The van der Waals surface area contributed by atoms with Crippen LogP contribution in [0.3, 0.4) is 0 Å². The predicted molar refractivity (Wildman–Crippen MR) is 94.6 cm³/mol. The SMILES string of the molecule is CC(=O)N1N=C(c2n[nH]c3c2CCCC3)O[C@H]1c1ccc(Cl)cc1Cl. The molecule has 6 nitrogen and oxygen atoms in total. The number of carbonyl (C=O) groups excluding carboxylic acids is 1. The maximum absolute atomic E-state index is 12.1. The van der Waals surface area contributed by atoms with Crippen LogP contribution in [0, 0.1) is 0 Å². The zero-order valence-corrected chi connectivity index (χ0v) is 15.1.